The van der Waals surface area contributed by atoms with Crippen LogP contribution in [0.1, 0.15) is 21.6 Å². The zero-order chi connectivity index (χ0) is 22.7. The van der Waals surface area contributed by atoms with Gasteiger partial charge in [-0.15, -0.1) is 0 Å². The number of nitrogens with zero attached hydrogens (tertiary/aromatic N) is 2. The monoisotopic (exact) mass is 452 g/mol. The number of halogens is 1. The third kappa shape index (κ3) is 4.78. The molecule has 0 fully saturated rings. The molecule has 2 heterocycles. The third-order valence-electron chi connectivity index (χ3n) is 4.92. The van der Waals surface area contributed by atoms with Crippen LogP contribution >= 0.6 is 0 Å². The van der Waals surface area contributed by atoms with E-state index in [0.29, 0.717) is 24.2 Å². The Labute approximate surface area is 185 Å². The second kappa shape index (κ2) is 8.80. The second-order valence-corrected chi connectivity index (χ2v) is 8.98. The number of benzene rings is 2. The van der Waals surface area contributed by atoms with Crippen molar-refractivity contribution < 1.29 is 17.6 Å². The number of aryl methyl sites for hydroxylation is 1. The number of aromatic nitrogens is 2. The minimum atomic E-state index is -3.87. The Bertz CT molecular complexity index is 1350. The lowest BCUT2D eigenvalue weighted by molar-refractivity contribution is 0.0954. The fourth-order valence-electron chi connectivity index (χ4n) is 3.20. The van der Waals surface area contributed by atoms with Crippen molar-refractivity contribution >= 4 is 27.3 Å². The van der Waals surface area contributed by atoms with E-state index < -0.39 is 15.8 Å². The molecule has 0 radical (unpaired) electrons. The molecule has 0 atom stereocenters. The highest BCUT2D eigenvalue weighted by molar-refractivity contribution is 7.92. The maximum atomic E-state index is 13.4. The van der Waals surface area contributed by atoms with Gasteiger partial charge < -0.3 is 9.72 Å². The summed E-state index contributed by atoms with van der Waals surface area (Å²) in [5.41, 5.74) is 2.66. The predicted octanol–water partition coefficient (Wildman–Crippen LogP) is 3.56. The Hall–Kier alpha value is -3.72. The number of imidazole rings is 1. The molecule has 4 aromatic rings. The molecule has 0 unspecified atom stereocenters. The molecule has 9 heteroatoms. The number of hydrogen-bond acceptors (Lipinski definition) is 4. The number of hydrogen-bond donors (Lipinski definition) is 2. The van der Waals surface area contributed by atoms with E-state index in [2.05, 4.69) is 15.0 Å². The molecule has 164 valence electrons. The lowest BCUT2D eigenvalue weighted by Crippen LogP contribution is -2.25. The van der Waals surface area contributed by atoms with Crippen molar-refractivity contribution in [2.75, 3.05) is 11.3 Å². The van der Waals surface area contributed by atoms with Gasteiger partial charge in [0.15, 0.2) is 0 Å². The summed E-state index contributed by atoms with van der Waals surface area (Å²) in [7, 11) is -3.87. The van der Waals surface area contributed by atoms with E-state index >= 15 is 0 Å². The van der Waals surface area contributed by atoms with Crippen LogP contribution in [0.3, 0.4) is 0 Å². The topological polar surface area (TPSA) is 92.6 Å². The van der Waals surface area contributed by atoms with E-state index in [1.807, 2.05) is 35.0 Å². The maximum absolute atomic E-state index is 13.4. The Morgan fingerprint density at radius 2 is 1.88 bits per heavy atom. The van der Waals surface area contributed by atoms with Gasteiger partial charge in [-0.2, -0.15) is 0 Å². The number of fused-ring (bicyclic) bond motifs is 1. The standard InChI is InChI=1S/C23H21FN4O3S/c1-16-14-20(9-10-21(16)24)32(30,31)27-18-7-5-17(6-8-18)23(29)25-12-11-19-15-28-13-3-2-4-22(28)26-19/h2-10,13-15,27H,11-12H2,1H3,(H,25,29). The molecule has 7 nitrogen and oxygen atoms in total. The first-order valence-corrected chi connectivity index (χ1v) is 11.4. The van der Waals surface area contributed by atoms with Gasteiger partial charge in [0, 0.05) is 36.6 Å². The summed E-state index contributed by atoms with van der Waals surface area (Å²) in [5.74, 6) is -0.738. The number of anilines is 1. The Morgan fingerprint density at radius 3 is 2.59 bits per heavy atom. The van der Waals surface area contributed by atoms with Crippen molar-refractivity contribution in [1.29, 1.82) is 0 Å². The first kappa shape index (κ1) is 21.5. The predicted molar refractivity (Wildman–Crippen MR) is 120 cm³/mol. The van der Waals surface area contributed by atoms with Crippen molar-refractivity contribution in [3.8, 4) is 0 Å². The smallest absolute Gasteiger partial charge is 0.261 e. The summed E-state index contributed by atoms with van der Waals surface area (Å²) in [6.07, 6.45) is 4.42. The van der Waals surface area contributed by atoms with Crippen LogP contribution in [0.2, 0.25) is 0 Å². The summed E-state index contributed by atoms with van der Waals surface area (Å²) in [6, 6.07) is 15.4. The number of carbonyl (C=O) groups excluding carboxylic acids is 1. The molecule has 0 aliphatic carbocycles. The van der Waals surface area contributed by atoms with Crippen molar-refractivity contribution in [2.24, 2.45) is 0 Å². The van der Waals surface area contributed by atoms with Crippen LogP contribution in [0.15, 0.2) is 78.0 Å². The molecular weight excluding hydrogens is 431 g/mol. The molecule has 2 aromatic carbocycles. The summed E-state index contributed by atoms with van der Waals surface area (Å²) in [5, 5.41) is 2.83. The maximum Gasteiger partial charge on any atom is 0.261 e. The molecule has 0 aliphatic heterocycles. The number of amides is 1. The Balaban J connectivity index is 1.35. The quantitative estimate of drug-likeness (QED) is 0.449. The Morgan fingerprint density at radius 1 is 1.09 bits per heavy atom. The summed E-state index contributed by atoms with van der Waals surface area (Å²) in [4.78, 5) is 16.8. The summed E-state index contributed by atoms with van der Waals surface area (Å²) in [6.45, 7) is 1.91. The number of pyridine rings is 1. The van der Waals surface area contributed by atoms with Gasteiger partial charge in [0.1, 0.15) is 11.5 Å². The molecule has 1 amide bonds. The van der Waals surface area contributed by atoms with Crippen LogP contribution in [0.4, 0.5) is 10.1 Å². The SMILES string of the molecule is Cc1cc(S(=O)(=O)Nc2ccc(C(=O)NCCc3cn4ccccc4n3)cc2)ccc1F. The van der Waals surface area contributed by atoms with Gasteiger partial charge in [-0.1, -0.05) is 6.07 Å². The molecule has 0 saturated carbocycles. The third-order valence-corrected chi connectivity index (χ3v) is 6.30. The molecule has 2 aromatic heterocycles. The lowest BCUT2D eigenvalue weighted by Gasteiger charge is -2.10. The average molecular weight is 453 g/mol. The highest BCUT2D eigenvalue weighted by Crippen LogP contribution is 2.19. The van der Waals surface area contributed by atoms with Crippen LogP contribution in [0, 0.1) is 12.7 Å². The van der Waals surface area contributed by atoms with Gasteiger partial charge in [-0.05, 0) is 67.1 Å². The Kier molecular flexibility index (Phi) is 5.91. The van der Waals surface area contributed by atoms with Crippen molar-refractivity contribution in [3.63, 3.8) is 0 Å². The molecule has 4 rings (SSSR count). The van der Waals surface area contributed by atoms with Gasteiger partial charge in [0.25, 0.3) is 15.9 Å². The minimum absolute atomic E-state index is 0.0369. The lowest BCUT2D eigenvalue weighted by atomic mass is 10.2. The van der Waals surface area contributed by atoms with E-state index in [-0.39, 0.29) is 16.4 Å². The minimum Gasteiger partial charge on any atom is -0.352 e. The highest BCUT2D eigenvalue weighted by atomic mass is 32.2. The fraction of sp³-hybridized carbons (Fsp3) is 0.130. The normalized spacial score (nSPS) is 11.4. The van der Waals surface area contributed by atoms with Gasteiger partial charge in [0.05, 0.1) is 10.6 Å². The van der Waals surface area contributed by atoms with Crippen molar-refractivity contribution in [1.82, 2.24) is 14.7 Å². The largest absolute Gasteiger partial charge is 0.352 e. The van der Waals surface area contributed by atoms with E-state index in [1.54, 1.807) is 0 Å². The number of rotatable bonds is 7. The second-order valence-electron chi connectivity index (χ2n) is 7.30. The molecule has 0 spiro atoms. The van der Waals surface area contributed by atoms with Crippen LogP contribution in [-0.4, -0.2) is 30.3 Å². The number of carbonyl (C=O) groups is 1. The molecule has 0 aliphatic rings. The van der Waals surface area contributed by atoms with E-state index in [4.69, 9.17) is 0 Å². The number of nitrogens with one attached hydrogen (secondary N) is 2. The highest BCUT2D eigenvalue weighted by Gasteiger charge is 2.16. The van der Waals surface area contributed by atoms with E-state index in [0.717, 1.165) is 17.4 Å². The molecule has 2 N–H and O–H groups in total. The van der Waals surface area contributed by atoms with Crippen LogP contribution in [0.5, 0.6) is 0 Å². The molecular formula is C23H21FN4O3S. The molecule has 0 saturated heterocycles. The zero-order valence-electron chi connectivity index (χ0n) is 17.2. The molecule has 32 heavy (non-hydrogen) atoms. The fourth-order valence-corrected chi connectivity index (χ4v) is 4.35. The van der Waals surface area contributed by atoms with Gasteiger partial charge in [-0.3, -0.25) is 9.52 Å². The first-order valence-electron chi connectivity index (χ1n) is 9.92. The van der Waals surface area contributed by atoms with Gasteiger partial charge in [-0.25, -0.2) is 17.8 Å². The summed E-state index contributed by atoms with van der Waals surface area (Å²) >= 11 is 0. The van der Waals surface area contributed by atoms with Crippen LogP contribution < -0.4 is 10.0 Å². The van der Waals surface area contributed by atoms with E-state index in [1.165, 1.54) is 43.3 Å². The zero-order valence-corrected chi connectivity index (χ0v) is 18.1. The van der Waals surface area contributed by atoms with Crippen molar-refractivity contribution in [2.45, 2.75) is 18.2 Å². The van der Waals surface area contributed by atoms with Crippen LogP contribution in [-0.2, 0) is 16.4 Å². The first-order chi connectivity index (χ1) is 15.3. The molecule has 0 bridgehead atoms. The summed E-state index contributed by atoms with van der Waals surface area (Å²) < 4.78 is 42.8. The average Bonchev–Trinajstić information content (AvgIpc) is 3.18. The van der Waals surface area contributed by atoms with Gasteiger partial charge in [0.2, 0.25) is 0 Å². The van der Waals surface area contributed by atoms with E-state index in [9.17, 15) is 17.6 Å². The van der Waals surface area contributed by atoms with Gasteiger partial charge >= 0.3 is 0 Å². The van der Waals surface area contributed by atoms with Crippen LogP contribution in [0.25, 0.3) is 5.65 Å². The number of sulfonamides is 1. The van der Waals surface area contributed by atoms with Crippen molar-refractivity contribution in [3.05, 3.63) is 95.7 Å².